The molecule has 1 N–H and O–H groups in total. The van der Waals surface area contributed by atoms with E-state index in [4.69, 9.17) is 4.37 Å². The van der Waals surface area contributed by atoms with Gasteiger partial charge < -0.3 is 14.9 Å². The summed E-state index contributed by atoms with van der Waals surface area (Å²) in [5.41, 5.74) is 0. The summed E-state index contributed by atoms with van der Waals surface area (Å²) in [5.74, 6) is 4.07. The van der Waals surface area contributed by atoms with Crippen LogP contribution in [0.1, 0.15) is 44.9 Å². The third-order valence-corrected chi connectivity index (χ3v) is 11.1. The number of fused-ring (bicyclic) bond motifs is 6. The van der Waals surface area contributed by atoms with Gasteiger partial charge in [-0.1, -0.05) is 25.0 Å². The van der Waals surface area contributed by atoms with E-state index < -0.39 is 6.23 Å². The maximum Gasteiger partial charge on any atom is 0.228 e. The summed E-state index contributed by atoms with van der Waals surface area (Å²) in [6, 6.07) is 8.56. The summed E-state index contributed by atoms with van der Waals surface area (Å²) < 4.78 is 6.04. The highest BCUT2D eigenvalue weighted by Crippen LogP contribution is 2.57. The summed E-state index contributed by atoms with van der Waals surface area (Å²) in [5, 5.41) is 12.5. The van der Waals surface area contributed by atoms with E-state index in [-0.39, 0.29) is 17.7 Å². The lowest BCUT2D eigenvalue weighted by molar-refractivity contribution is -0.138. The van der Waals surface area contributed by atoms with E-state index in [0.29, 0.717) is 23.7 Å². The van der Waals surface area contributed by atoms with Gasteiger partial charge in [-0.15, -0.1) is 0 Å². The number of aliphatic hydroxyl groups excluding tert-OH is 1. The topological polar surface area (TPSA) is 59.9 Å². The van der Waals surface area contributed by atoms with E-state index in [0.717, 1.165) is 45.1 Å². The van der Waals surface area contributed by atoms with Crippen molar-refractivity contribution >= 4 is 33.3 Å². The van der Waals surface area contributed by atoms with E-state index in [1.54, 1.807) is 11.5 Å². The predicted octanol–water partition coefficient (Wildman–Crippen LogP) is 4.05. The minimum Gasteiger partial charge on any atom is -0.373 e. The van der Waals surface area contributed by atoms with Gasteiger partial charge in [0, 0.05) is 56.5 Å². The highest BCUT2D eigenvalue weighted by Gasteiger charge is 2.60. The number of rotatable bonds is 5. The molecule has 7 heteroatoms. The van der Waals surface area contributed by atoms with Crippen molar-refractivity contribution in [1.29, 1.82) is 0 Å². The molecule has 0 radical (unpaired) electrons. The van der Waals surface area contributed by atoms with Crippen LogP contribution in [0.3, 0.4) is 0 Å². The van der Waals surface area contributed by atoms with Crippen LogP contribution in [0.4, 0.5) is 5.82 Å². The van der Waals surface area contributed by atoms with Gasteiger partial charge >= 0.3 is 0 Å². The molecule has 35 heavy (non-hydrogen) atoms. The van der Waals surface area contributed by atoms with E-state index in [2.05, 4.69) is 34.1 Å². The highest BCUT2D eigenvalue weighted by atomic mass is 32.1. The van der Waals surface area contributed by atoms with Crippen molar-refractivity contribution in [2.45, 2.75) is 51.2 Å². The summed E-state index contributed by atoms with van der Waals surface area (Å²) in [6.45, 7) is 6.12. The van der Waals surface area contributed by atoms with Crippen LogP contribution in [-0.4, -0.2) is 70.7 Å². The maximum absolute atomic E-state index is 13.3. The Morgan fingerprint density at radius 3 is 2.49 bits per heavy atom. The van der Waals surface area contributed by atoms with Crippen LogP contribution >= 0.6 is 11.5 Å². The summed E-state index contributed by atoms with van der Waals surface area (Å²) >= 11 is 1.60. The lowest BCUT2D eigenvalue weighted by atomic mass is 9.78. The van der Waals surface area contributed by atoms with Crippen LogP contribution in [0.15, 0.2) is 24.3 Å². The van der Waals surface area contributed by atoms with Gasteiger partial charge in [0.05, 0.1) is 4.70 Å². The Morgan fingerprint density at radius 1 is 0.943 bits per heavy atom. The molecular weight excluding hydrogens is 456 g/mol. The van der Waals surface area contributed by atoms with Gasteiger partial charge in [0.25, 0.3) is 0 Å². The highest BCUT2D eigenvalue weighted by molar-refractivity contribution is 7.13. The molecule has 188 valence electrons. The molecule has 3 saturated carbocycles. The third-order valence-electron chi connectivity index (χ3n) is 10.2. The standard InChI is InChI=1S/C28H38N4O2S/c33-27-24-18-9-10-19(15-18)25(24)28(34)32(27)17-21-6-2-1-5-20(21)16-30-11-13-31(14-12-30)26-22-7-3-4-8-23(22)35-29-26/h3-4,7-8,18-21,24-25,27,33H,1-2,5-6,9-17H2. The van der Waals surface area contributed by atoms with Crippen molar-refractivity contribution in [1.82, 2.24) is 14.2 Å². The van der Waals surface area contributed by atoms with Gasteiger partial charge in [0.1, 0.15) is 12.0 Å². The molecule has 7 unspecified atom stereocenters. The first-order valence-electron chi connectivity index (χ1n) is 14.0. The number of aliphatic hydroxyl groups is 1. The second-order valence-electron chi connectivity index (χ2n) is 11.9. The Bertz CT molecular complexity index is 1080. The zero-order chi connectivity index (χ0) is 23.5. The van der Waals surface area contributed by atoms with Crippen LogP contribution in [-0.2, 0) is 4.79 Å². The Hall–Kier alpha value is -1.70. The Morgan fingerprint density at radius 2 is 1.69 bits per heavy atom. The van der Waals surface area contributed by atoms with Crippen molar-refractivity contribution < 1.29 is 9.90 Å². The second-order valence-corrected chi connectivity index (χ2v) is 12.7. The van der Waals surface area contributed by atoms with E-state index in [1.165, 1.54) is 55.0 Å². The van der Waals surface area contributed by atoms with Crippen LogP contribution in [0.25, 0.3) is 10.1 Å². The number of piperazine rings is 1. The molecule has 1 aromatic carbocycles. The fraction of sp³-hybridized carbons (Fsp3) is 0.714. The Balaban J connectivity index is 0.983. The number of amides is 1. The fourth-order valence-electron chi connectivity index (χ4n) is 8.45. The number of likely N-dealkylation sites (tertiary alicyclic amines) is 1. The molecule has 6 nitrogen and oxygen atoms in total. The number of hydrogen-bond acceptors (Lipinski definition) is 6. The second kappa shape index (κ2) is 9.00. The predicted molar refractivity (Wildman–Crippen MR) is 139 cm³/mol. The zero-order valence-electron chi connectivity index (χ0n) is 20.6. The zero-order valence-corrected chi connectivity index (χ0v) is 21.4. The van der Waals surface area contributed by atoms with Crippen LogP contribution < -0.4 is 4.90 Å². The van der Waals surface area contributed by atoms with Crippen LogP contribution in [0.5, 0.6) is 0 Å². The largest absolute Gasteiger partial charge is 0.373 e. The SMILES string of the molecule is O=C1C2C3CCC(C3)C2C(O)N1CC1CCCCC1CN1CCN(c2nsc3ccccc23)CC1. The van der Waals surface area contributed by atoms with Crippen molar-refractivity contribution in [3.05, 3.63) is 24.3 Å². The molecule has 2 aliphatic heterocycles. The maximum atomic E-state index is 13.3. The molecule has 3 aliphatic carbocycles. The van der Waals surface area contributed by atoms with E-state index >= 15 is 0 Å². The molecule has 3 heterocycles. The molecule has 7 atom stereocenters. The number of anilines is 1. The van der Waals surface area contributed by atoms with Crippen molar-refractivity contribution in [3.63, 3.8) is 0 Å². The lowest BCUT2D eigenvalue weighted by Gasteiger charge is -2.41. The number of nitrogens with zero attached hydrogens (tertiary/aromatic N) is 4. The minimum absolute atomic E-state index is 0.126. The molecule has 5 fully saturated rings. The first kappa shape index (κ1) is 22.5. The number of aromatic nitrogens is 1. The summed E-state index contributed by atoms with van der Waals surface area (Å²) in [7, 11) is 0. The first-order chi connectivity index (χ1) is 17.2. The number of carbonyl (C=O) groups excluding carboxylic acids is 1. The molecular formula is C28H38N4O2S. The fourth-order valence-corrected chi connectivity index (χ4v) is 9.25. The van der Waals surface area contributed by atoms with E-state index in [1.807, 2.05) is 4.90 Å². The molecule has 0 spiro atoms. The summed E-state index contributed by atoms with van der Waals surface area (Å²) in [6.07, 6.45) is 8.11. The van der Waals surface area contributed by atoms with Gasteiger partial charge in [-0.25, -0.2) is 0 Å². The third kappa shape index (κ3) is 3.80. The first-order valence-corrected chi connectivity index (χ1v) is 14.7. The Labute approximate surface area is 212 Å². The Kier molecular flexibility index (Phi) is 5.78. The molecule has 2 bridgehead atoms. The van der Waals surface area contributed by atoms with Crippen molar-refractivity contribution in [2.75, 3.05) is 44.2 Å². The van der Waals surface area contributed by atoms with Gasteiger partial charge in [-0.05, 0) is 79.4 Å². The lowest BCUT2D eigenvalue weighted by Crippen LogP contribution is -2.50. The monoisotopic (exact) mass is 494 g/mol. The molecule has 1 aromatic heterocycles. The summed E-state index contributed by atoms with van der Waals surface area (Å²) in [4.78, 5) is 20.4. The normalized spacial score (nSPS) is 37.5. The molecule has 2 aromatic rings. The molecule has 1 amide bonds. The quantitative estimate of drug-likeness (QED) is 0.680. The van der Waals surface area contributed by atoms with Crippen LogP contribution in [0.2, 0.25) is 0 Å². The molecule has 7 rings (SSSR count). The van der Waals surface area contributed by atoms with Gasteiger partial charge in [0.2, 0.25) is 5.91 Å². The number of carbonyl (C=O) groups is 1. The van der Waals surface area contributed by atoms with Gasteiger partial charge in [-0.3, -0.25) is 9.69 Å². The van der Waals surface area contributed by atoms with Gasteiger partial charge in [0.15, 0.2) is 0 Å². The van der Waals surface area contributed by atoms with Gasteiger partial charge in [-0.2, -0.15) is 4.37 Å². The van der Waals surface area contributed by atoms with E-state index in [9.17, 15) is 9.90 Å². The number of benzene rings is 1. The van der Waals surface area contributed by atoms with Crippen molar-refractivity contribution in [3.8, 4) is 0 Å². The van der Waals surface area contributed by atoms with Crippen LogP contribution in [0, 0.1) is 35.5 Å². The minimum atomic E-state index is -0.526. The van der Waals surface area contributed by atoms with Crippen molar-refractivity contribution in [2.24, 2.45) is 35.5 Å². The average molecular weight is 495 g/mol. The molecule has 5 aliphatic rings. The number of hydrogen-bond donors (Lipinski definition) is 1. The molecule has 2 saturated heterocycles. The smallest absolute Gasteiger partial charge is 0.228 e. The average Bonchev–Trinajstić information content (AvgIpc) is 3.66.